The molecule has 1 saturated carbocycles. The number of ether oxygens (including phenoxy) is 1. The average Bonchev–Trinajstić information content (AvgIpc) is 3.36. The Morgan fingerprint density at radius 3 is 3.06 bits per heavy atom. The van der Waals surface area contributed by atoms with Crippen LogP contribution in [-0.2, 0) is 0 Å². The smallest absolute Gasteiger partial charge is 0.259 e. The topological polar surface area (TPSA) is 107 Å². The summed E-state index contributed by atoms with van der Waals surface area (Å²) in [5.41, 5.74) is 1.56. The maximum atomic E-state index is 13.1. The first-order chi connectivity index (χ1) is 14.9. The van der Waals surface area contributed by atoms with Gasteiger partial charge in [0.1, 0.15) is 11.4 Å². The first-order valence-electron chi connectivity index (χ1n) is 10.3. The number of rotatable bonds is 4. The van der Waals surface area contributed by atoms with E-state index in [1.807, 2.05) is 17.8 Å². The fraction of sp³-hybridized carbons (Fsp3) is 0.364. The van der Waals surface area contributed by atoms with Gasteiger partial charge in [0.15, 0.2) is 5.65 Å². The summed E-state index contributed by atoms with van der Waals surface area (Å²) in [5, 5.41) is 23.1. The molecule has 2 N–H and O–H groups in total. The highest BCUT2D eigenvalue weighted by Gasteiger charge is 2.31. The summed E-state index contributed by atoms with van der Waals surface area (Å²) in [4.78, 5) is 17.3. The van der Waals surface area contributed by atoms with Crippen LogP contribution in [-0.4, -0.2) is 48.1 Å². The summed E-state index contributed by atoms with van der Waals surface area (Å²) in [6.07, 6.45) is 10.3. The number of fused-ring (bicyclic) bond motifs is 2. The van der Waals surface area contributed by atoms with Crippen molar-refractivity contribution in [2.75, 3.05) is 12.4 Å². The van der Waals surface area contributed by atoms with E-state index >= 15 is 0 Å². The molecule has 0 unspecified atom stereocenters. The molecule has 1 amide bonds. The second-order valence-corrected chi connectivity index (χ2v) is 8.37. The zero-order valence-corrected chi connectivity index (χ0v) is 17.4. The number of nitrogens with one attached hydrogen (secondary N) is 1. The second kappa shape index (κ2) is 7.35. The minimum Gasteiger partial charge on any atom is -0.496 e. The number of aliphatic hydroxyl groups is 1. The zero-order valence-electron chi connectivity index (χ0n) is 17.4. The molecule has 1 fully saturated rings. The minimum absolute atomic E-state index is 0.129. The van der Waals surface area contributed by atoms with Gasteiger partial charge in [-0.05, 0) is 44.7 Å². The molecule has 5 rings (SSSR count). The van der Waals surface area contributed by atoms with E-state index in [9.17, 15) is 9.90 Å². The van der Waals surface area contributed by atoms with Crippen molar-refractivity contribution in [2.24, 2.45) is 0 Å². The Morgan fingerprint density at radius 1 is 1.39 bits per heavy atom. The molecule has 0 bridgehead atoms. The number of carbonyl (C=O) groups is 1. The molecule has 0 radical (unpaired) electrons. The van der Waals surface area contributed by atoms with E-state index in [-0.39, 0.29) is 11.9 Å². The van der Waals surface area contributed by atoms with E-state index in [1.165, 1.54) is 7.11 Å². The predicted molar refractivity (Wildman–Crippen MR) is 115 cm³/mol. The quantitative estimate of drug-likeness (QED) is 0.525. The minimum atomic E-state index is -0.674. The third kappa shape index (κ3) is 3.61. The zero-order chi connectivity index (χ0) is 21.6. The van der Waals surface area contributed by atoms with Gasteiger partial charge >= 0.3 is 0 Å². The lowest BCUT2D eigenvalue weighted by Crippen LogP contribution is -2.33. The monoisotopic (exact) mass is 420 g/mol. The number of hydrogen-bond acceptors (Lipinski definition) is 6. The normalized spacial score (nSPS) is 21.5. The number of nitrogens with zero attached hydrogens (tertiary/aromatic N) is 5. The Labute approximate surface area is 178 Å². The van der Waals surface area contributed by atoms with Gasteiger partial charge in [0.05, 0.1) is 36.0 Å². The standard InChI is InChI=1S/C22H24N6O3/c1-22(30)6-3-5-15(11-22)28-13-14-9-16(19(31-2)10-17(14)26-28)21(29)25-18-12-24-27-8-4-7-23-20(18)27/h4,7-10,12-13,15,30H,3,5-6,11H2,1-2H3,(H,25,29)/t15-,22+/m0/s1. The lowest BCUT2D eigenvalue weighted by molar-refractivity contribution is 0.00191. The average molecular weight is 420 g/mol. The van der Waals surface area contributed by atoms with Gasteiger partial charge in [-0.3, -0.25) is 9.48 Å². The van der Waals surface area contributed by atoms with Gasteiger partial charge in [0, 0.05) is 30.0 Å². The van der Waals surface area contributed by atoms with Crippen molar-refractivity contribution in [1.82, 2.24) is 24.4 Å². The summed E-state index contributed by atoms with van der Waals surface area (Å²) >= 11 is 0. The van der Waals surface area contributed by atoms with Gasteiger partial charge in [-0.25, -0.2) is 9.50 Å². The lowest BCUT2D eigenvalue weighted by Gasteiger charge is -2.33. The largest absolute Gasteiger partial charge is 0.496 e. The molecular formula is C22H24N6O3. The van der Waals surface area contributed by atoms with Gasteiger partial charge < -0.3 is 15.2 Å². The fourth-order valence-corrected chi connectivity index (χ4v) is 4.37. The highest BCUT2D eigenvalue weighted by Crippen LogP contribution is 2.36. The molecule has 2 atom stereocenters. The van der Waals surface area contributed by atoms with E-state index in [2.05, 4.69) is 15.4 Å². The molecule has 3 aromatic heterocycles. The Morgan fingerprint density at radius 2 is 2.26 bits per heavy atom. The van der Waals surface area contributed by atoms with Crippen LogP contribution in [0.4, 0.5) is 5.69 Å². The maximum absolute atomic E-state index is 13.1. The van der Waals surface area contributed by atoms with Gasteiger partial charge in [-0.2, -0.15) is 10.2 Å². The van der Waals surface area contributed by atoms with Crippen molar-refractivity contribution < 1.29 is 14.6 Å². The molecule has 9 nitrogen and oxygen atoms in total. The third-order valence-corrected chi connectivity index (χ3v) is 5.92. The van der Waals surface area contributed by atoms with Crippen LogP contribution in [0.5, 0.6) is 5.75 Å². The first kappa shape index (κ1) is 19.5. The summed E-state index contributed by atoms with van der Waals surface area (Å²) in [7, 11) is 1.53. The number of methoxy groups -OCH3 is 1. The summed E-state index contributed by atoms with van der Waals surface area (Å²) in [6.45, 7) is 1.88. The number of amides is 1. The molecule has 3 heterocycles. The van der Waals surface area contributed by atoms with Crippen LogP contribution < -0.4 is 10.1 Å². The fourth-order valence-electron chi connectivity index (χ4n) is 4.37. The van der Waals surface area contributed by atoms with Crippen molar-refractivity contribution in [2.45, 2.75) is 44.2 Å². The van der Waals surface area contributed by atoms with Crippen molar-refractivity contribution in [3.63, 3.8) is 0 Å². The molecule has 1 aromatic carbocycles. The third-order valence-electron chi connectivity index (χ3n) is 5.92. The number of anilines is 1. The number of hydrogen-bond donors (Lipinski definition) is 2. The molecule has 1 aliphatic carbocycles. The first-order valence-corrected chi connectivity index (χ1v) is 10.3. The molecule has 160 valence electrons. The Kier molecular flexibility index (Phi) is 4.62. The Bertz CT molecular complexity index is 1270. The van der Waals surface area contributed by atoms with Crippen LogP contribution in [0, 0.1) is 0 Å². The van der Waals surface area contributed by atoms with Gasteiger partial charge in [0.25, 0.3) is 5.91 Å². The molecule has 1 aliphatic rings. The Hall–Kier alpha value is -3.46. The number of carbonyl (C=O) groups excluding carboxylic acids is 1. The molecule has 0 spiro atoms. The van der Waals surface area contributed by atoms with Crippen molar-refractivity contribution in [1.29, 1.82) is 0 Å². The molecule has 0 aliphatic heterocycles. The number of benzene rings is 1. The summed E-state index contributed by atoms with van der Waals surface area (Å²) in [6, 6.07) is 5.46. The highest BCUT2D eigenvalue weighted by molar-refractivity contribution is 6.09. The van der Waals surface area contributed by atoms with Crippen LogP contribution in [0.1, 0.15) is 49.0 Å². The van der Waals surface area contributed by atoms with Crippen LogP contribution >= 0.6 is 0 Å². The van der Waals surface area contributed by atoms with Gasteiger partial charge in [0.2, 0.25) is 0 Å². The van der Waals surface area contributed by atoms with Gasteiger partial charge in [-0.15, -0.1) is 0 Å². The van der Waals surface area contributed by atoms with Crippen molar-refractivity contribution in [3.8, 4) is 5.75 Å². The molecule has 4 aromatic rings. The number of aromatic nitrogens is 5. The molecule has 9 heteroatoms. The van der Waals surface area contributed by atoms with E-state index in [0.29, 0.717) is 29.1 Å². The van der Waals surface area contributed by atoms with Crippen molar-refractivity contribution >= 4 is 28.1 Å². The summed E-state index contributed by atoms with van der Waals surface area (Å²) < 4.78 is 8.99. The SMILES string of the molecule is COc1cc2nn([C@H]3CCC[C@@](C)(O)C3)cc2cc1C(=O)Nc1cnn2cccnc12. The van der Waals surface area contributed by atoms with Crippen LogP contribution in [0.15, 0.2) is 43.0 Å². The molecular weight excluding hydrogens is 396 g/mol. The van der Waals surface area contributed by atoms with Crippen LogP contribution in [0.3, 0.4) is 0 Å². The van der Waals surface area contributed by atoms with E-state index < -0.39 is 5.60 Å². The van der Waals surface area contributed by atoms with Crippen LogP contribution in [0.2, 0.25) is 0 Å². The van der Waals surface area contributed by atoms with Crippen molar-refractivity contribution in [3.05, 3.63) is 48.5 Å². The molecule has 31 heavy (non-hydrogen) atoms. The second-order valence-electron chi connectivity index (χ2n) is 8.37. The predicted octanol–water partition coefficient (Wildman–Crippen LogP) is 3.21. The molecule has 0 saturated heterocycles. The van der Waals surface area contributed by atoms with Gasteiger partial charge in [-0.1, -0.05) is 0 Å². The van der Waals surface area contributed by atoms with E-state index in [0.717, 1.165) is 30.2 Å². The Balaban J connectivity index is 1.47. The summed E-state index contributed by atoms with van der Waals surface area (Å²) in [5.74, 6) is 0.128. The van der Waals surface area contributed by atoms with E-state index in [4.69, 9.17) is 9.84 Å². The lowest BCUT2D eigenvalue weighted by atomic mass is 9.83. The maximum Gasteiger partial charge on any atom is 0.259 e. The van der Waals surface area contributed by atoms with Crippen LogP contribution in [0.25, 0.3) is 16.6 Å². The van der Waals surface area contributed by atoms with E-state index in [1.54, 1.807) is 41.3 Å². The highest BCUT2D eigenvalue weighted by atomic mass is 16.5.